The van der Waals surface area contributed by atoms with Crippen LogP contribution in [0.2, 0.25) is 0 Å². The summed E-state index contributed by atoms with van der Waals surface area (Å²) in [5, 5.41) is 2.06. The SMILES string of the molecule is CCNS(=O)(=O)c1ccc(C)c(C(=O)NCC(F)(F)CN)c1. The van der Waals surface area contributed by atoms with Gasteiger partial charge in [-0.3, -0.25) is 4.79 Å². The van der Waals surface area contributed by atoms with Crippen molar-refractivity contribution >= 4 is 15.9 Å². The third-order valence-electron chi connectivity index (χ3n) is 2.90. The molecule has 1 amide bonds. The number of carbonyl (C=O) groups is 1. The van der Waals surface area contributed by atoms with Crippen molar-refractivity contribution in [3.05, 3.63) is 29.3 Å². The van der Waals surface area contributed by atoms with Crippen molar-refractivity contribution in [1.82, 2.24) is 10.0 Å². The van der Waals surface area contributed by atoms with Gasteiger partial charge in [0.1, 0.15) is 0 Å². The van der Waals surface area contributed by atoms with Crippen molar-refractivity contribution < 1.29 is 22.0 Å². The summed E-state index contributed by atoms with van der Waals surface area (Å²) in [5.41, 5.74) is 5.38. The molecule has 0 fully saturated rings. The highest BCUT2D eigenvalue weighted by Gasteiger charge is 2.28. The van der Waals surface area contributed by atoms with E-state index in [4.69, 9.17) is 5.73 Å². The number of aryl methyl sites for hydroxylation is 1. The lowest BCUT2D eigenvalue weighted by Gasteiger charge is -2.15. The van der Waals surface area contributed by atoms with Crippen LogP contribution in [0.1, 0.15) is 22.8 Å². The van der Waals surface area contributed by atoms with E-state index in [1.165, 1.54) is 12.1 Å². The van der Waals surface area contributed by atoms with Crippen LogP contribution < -0.4 is 15.8 Å². The van der Waals surface area contributed by atoms with Crippen molar-refractivity contribution in [3.8, 4) is 0 Å². The normalized spacial score (nSPS) is 12.2. The Labute approximate surface area is 128 Å². The Morgan fingerprint density at radius 2 is 2.00 bits per heavy atom. The van der Waals surface area contributed by atoms with Crippen molar-refractivity contribution in [2.75, 3.05) is 19.6 Å². The van der Waals surface area contributed by atoms with Crippen LogP contribution in [-0.2, 0) is 10.0 Å². The van der Waals surface area contributed by atoms with Crippen LogP contribution in [0, 0.1) is 6.92 Å². The molecule has 0 aromatic heterocycles. The summed E-state index contributed by atoms with van der Waals surface area (Å²) in [4.78, 5) is 11.9. The van der Waals surface area contributed by atoms with Gasteiger partial charge in [0.2, 0.25) is 10.0 Å². The number of halogens is 2. The molecule has 124 valence electrons. The molecule has 0 bridgehead atoms. The lowest BCUT2D eigenvalue weighted by Crippen LogP contribution is -2.41. The molecule has 0 aliphatic carbocycles. The molecule has 1 rings (SSSR count). The van der Waals surface area contributed by atoms with Gasteiger partial charge in [0, 0.05) is 12.1 Å². The summed E-state index contributed by atoms with van der Waals surface area (Å²) >= 11 is 0. The predicted molar refractivity (Wildman–Crippen MR) is 78.4 cm³/mol. The minimum atomic E-state index is -3.73. The number of nitrogens with two attached hydrogens (primary N) is 1. The second-order valence-corrected chi connectivity index (χ2v) is 6.49. The number of alkyl halides is 2. The number of nitrogens with one attached hydrogen (secondary N) is 2. The molecule has 9 heteroatoms. The van der Waals surface area contributed by atoms with Gasteiger partial charge in [-0.15, -0.1) is 0 Å². The maximum Gasteiger partial charge on any atom is 0.277 e. The monoisotopic (exact) mass is 335 g/mol. The Morgan fingerprint density at radius 1 is 1.36 bits per heavy atom. The quantitative estimate of drug-likeness (QED) is 0.680. The molecule has 4 N–H and O–H groups in total. The van der Waals surface area contributed by atoms with Crippen LogP contribution in [0.3, 0.4) is 0 Å². The number of hydrogen-bond acceptors (Lipinski definition) is 4. The molecule has 0 aliphatic heterocycles. The van der Waals surface area contributed by atoms with E-state index in [2.05, 4.69) is 10.0 Å². The van der Waals surface area contributed by atoms with E-state index in [9.17, 15) is 22.0 Å². The van der Waals surface area contributed by atoms with Gasteiger partial charge < -0.3 is 11.1 Å². The highest BCUT2D eigenvalue weighted by Crippen LogP contribution is 2.16. The van der Waals surface area contributed by atoms with Gasteiger partial charge in [0.05, 0.1) is 18.0 Å². The molecular formula is C13H19F2N3O3S. The highest BCUT2D eigenvalue weighted by atomic mass is 32.2. The molecule has 22 heavy (non-hydrogen) atoms. The Bertz CT molecular complexity index is 648. The Kier molecular flexibility index (Phi) is 5.98. The number of rotatable bonds is 7. The zero-order valence-electron chi connectivity index (χ0n) is 12.3. The fourth-order valence-corrected chi connectivity index (χ4v) is 2.73. The molecule has 0 heterocycles. The fraction of sp³-hybridized carbons (Fsp3) is 0.462. The van der Waals surface area contributed by atoms with Crippen molar-refractivity contribution in [3.63, 3.8) is 0 Å². The molecule has 0 saturated carbocycles. The molecule has 1 aromatic carbocycles. The first-order valence-electron chi connectivity index (χ1n) is 6.59. The standard InChI is InChI=1S/C13H19F2N3O3S/c1-3-18-22(20,21)10-5-4-9(2)11(6-10)12(19)17-8-13(14,15)7-16/h4-6,18H,3,7-8,16H2,1-2H3,(H,17,19). The van der Waals surface area contributed by atoms with Gasteiger partial charge in [-0.1, -0.05) is 13.0 Å². The molecular weight excluding hydrogens is 316 g/mol. The average molecular weight is 335 g/mol. The van der Waals surface area contributed by atoms with Gasteiger partial charge in [-0.25, -0.2) is 21.9 Å². The maximum absolute atomic E-state index is 13.1. The van der Waals surface area contributed by atoms with Gasteiger partial charge in [0.15, 0.2) is 0 Å². The Balaban J connectivity index is 3.02. The zero-order valence-corrected chi connectivity index (χ0v) is 13.1. The van der Waals surface area contributed by atoms with Crippen LogP contribution >= 0.6 is 0 Å². The van der Waals surface area contributed by atoms with E-state index in [1.54, 1.807) is 13.8 Å². The second-order valence-electron chi connectivity index (χ2n) is 4.72. The van der Waals surface area contributed by atoms with Crippen molar-refractivity contribution in [1.29, 1.82) is 0 Å². The number of carbonyl (C=O) groups excluding carboxylic acids is 1. The van der Waals surface area contributed by atoms with Crippen molar-refractivity contribution in [2.45, 2.75) is 24.7 Å². The molecule has 0 aliphatic rings. The van der Waals surface area contributed by atoms with Crippen LogP contribution in [0.25, 0.3) is 0 Å². The van der Waals surface area contributed by atoms with Gasteiger partial charge >= 0.3 is 0 Å². The van der Waals surface area contributed by atoms with E-state index in [-0.39, 0.29) is 17.0 Å². The molecule has 0 spiro atoms. The highest BCUT2D eigenvalue weighted by molar-refractivity contribution is 7.89. The molecule has 1 aromatic rings. The molecule has 6 nitrogen and oxygen atoms in total. The lowest BCUT2D eigenvalue weighted by molar-refractivity contribution is 0.0118. The predicted octanol–water partition coefficient (Wildman–Crippen LogP) is 0.617. The van der Waals surface area contributed by atoms with Gasteiger partial charge in [-0.2, -0.15) is 0 Å². The Hall–Kier alpha value is -1.58. The largest absolute Gasteiger partial charge is 0.346 e. The first-order valence-corrected chi connectivity index (χ1v) is 8.07. The minimum Gasteiger partial charge on any atom is -0.346 e. The summed E-state index contributed by atoms with van der Waals surface area (Å²) in [5.74, 6) is -3.99. The topological polar surface area (TPSA) is 101 Å². The third-order valence-corrected chi connectivity index (χ3v) is 4.45. The summed E-state index contributed by atoms with van der Waals surface area (Å²) in [6.07, 6.45) is 0. The van der Waals surface area contributed by atoms with Gasteiger partial charge in [0.25, 0.3) is 11.8 Å². The van der Waals surface area contributed by atoms with Crippen LogP contribution in [0.4, 0.5) is 8.78 Å². The van der Waals surface area contributed by atoms with Gasteiger partial charge in [-0.05, 0) is 24.6 Å². The Morgan fingerprint density at radius 3 is 2.55 bits per heavy atom. The fourth-order valence-electron chi connectivity index (χ4n) is 1.66. The number of benzene rings is 1. The summed E-state index contributed by atoms with van der Waals surface area (Å²) < 4.78 is 52.2. The summed E-state index contributed by atoms with van der Waals surface area (Å²) in [6.45, 7) is 1.60. The van der Waals surface area contributed by atoms with Crippen LogP contribution in [0.5, 0.6) is 0 Å². The van der Waals surface area contributed by atoms with E-state index < -0.39 is 34.9 Å². The molecule has 0 saturated heterocycles. The molecule has 0 atom stereocenters. The van der Waals surface area contributed by atoms with E-state index in [0.29, 0.717) is 5.56 Å². The van der Waals surface area contributed by atoms with E-state index in [1.807, 2.05) is 0 Å². The smallest absolute Gasteiger partial charge is 0.277 e. The lowest BCUT2D eigenvalue weighted by atomic mass is 10.1. The van der Waals surface area contributed by atoms with E-state index >= 15 is 0 Å². The number of hydrogen-bond donors (Lipinski definition) is 3. The van der Waals surface area contributed by atoms with Crippen LogP contribution in [-0.4, -0.2) is 39.9 Å². The van der Waals surface area contributed by atoms with Crippen molar-refractivity contribution in [2.24, 2.45) is 5.73 Å². The summed E-state index contributed by atoms with van der Waals surface area (Å²) in [7, 11) is -3.73. The second kappa shape index (κ2) is 7.12. The zero-order chi connectivity index (χ0) is 17.0. The minimum absolute atomic E-state index is 0.0202. The first kappa shape index (κ1) is 18.5. The van der Waals surface area contributed by atoms with Crippen LogP contribution in [0.15, 0.2) is 23.1 Å². The maximum atomic E-state index is 13.1. The number of sulfonamides is 1. The molecule has 0 unspecified atom stereocenters. The van der Waals surface area contributed by atoms with E-state index in [0.717, 1.165) is 6.07 Å². The first-order chi connectivity index (χ1) is 10.1. The summed E-state index contributed by atoms with van der Waals surface area (Å²) in [6, 6.07) is 3.95. The number of amides is 1. The third kappa shape index (κ3) is 4.72. The average Bonchev–Trinajstić information content (AvgIpc) is 2.45. The molecule has 0 radical (unpaired) electrons.